The molecule has 0 fully saturated rings. The second-order valence-electron chi connectivity index (χ2n) is 5.12. The minimum atomic E-state index is -0.544. The highest BCUT2D eigenvalue weighted by Crippen LogP contribution is 2.22. The van der Waals surface area contributed by atoms with E-state index in [1.807, 2.05) is 6.07 Å². The van der Waals surface area contributed by atoms with Gasteiger partial charge in [0.2, 0.25) is 0 Å². The Kier molecular flexibility index (Phi) is 6.51. The van der Waals surface area contributed by atoms with Crippen LogP contribution >= 0.6 is 0 Å². The first-order valence-electron chi connectivity index (χ1n) is 7.10. The van der Waals surface area contributed by atoms with Crippen molar-refractivity contribution in [1.82, 2.24) is 15.4 Å². The number of carbonyl (C=O) groups is 1. The van der Waals surface area contributed by atoms with Gasteiger partial charge in [-0.1, -0.05) is 19.0 Å². The maximum Gasteiger partial charge on any atom is 0.317 e. The molecule has 1 aromatic rings. The predicted molar refractivity (Wildman–Crippen MR) is 76.4 cm³/mol. The maximum atomic E-state index is 11.7. The molecule has 114 valence electrons. The highest BCUT2D eigenvalue weighted by atomic mass is 16.5. The number of amides is 2. The standard InChI is InChI=1S/C14H25N3O3/c1-5-11(6-2)13-7-12(20-16-13)8-15-14(19)17(4)9-10(3)18/h7,10-11,18H,5-6,8-9H2,1-4H3,(H,15,19). The molecular formula is C14H25N3O3. The molecule has 6 heteroatoms. The maximum absolute atomic E-state index is 11.7. The SMILES string of the molecule is CCC(CC)c1cc(CNC(=O)N(C)CC(C)O)on1. The normalized spacial score (nSPS) is 12.5. The third-order valence-electron chi connectivity index (χ3n) is 3.28. The van der Waals surface area contributed by atoms with E-state index in [1.54, 1.807) is 14.0 Å². The fourth-order valence-corrected chi connectivity index (χ4v) is 2.09. The van der Waals surface area contributed by atoms with Crippen molar-refractivity contribution < 1.29 is 14.4 Å². The lowest BCUT2D eigenvalue weighted by atomic mass is 9.99. The number of carbonyl (C=O) groups excluding carboxylic acids is 1. The van der Waals surface area contributed by atoms with E-state index in [0.29, 0.717) is 24.8 Å². The molecule has 2 N–H and O–H groups in total. The zero-order chi connectivity index (χ0) is 15.1. The Morgan fingerprint density at radius 1 is 1.50 bits per heavy atom. The van der Waals surface area contributed by atoms with Gasteiger partial charge in [-0.25, -0.2) is 4.79 Å². The molecule has 0 saturated carbocycles. The zero-order valence-electron chi connectivity index (χ0n) is 12.7. The molecule has 2 amide bonds. The third-order valence-corrected chi connectivity index (χ3v) is 3.28. The van der Waals surface area contributed by atoms with Crippen molar-refractivity contribution in [2.24, 2.45) is 0 Å². The van der Waals surface area contributed by atoms with Crippen molar-refractivity contribution in [3.63, 3.8) is 0 Å². The molecule has 1 heterocycles. The second-order valence-corrected chi connectivity index (χ2v) is 5.12. The van der Waals surface area contributed by atoms with Gasteiger partial charge in [-0.2, -0.15) is 0 Å². The predicted octanol–water partition coefficient (Wildman–Crippen LogP) is 2.10. The number of nitrogens with one attached hydrogen (secondary N) is 1. The van der Waals surface area contributed by atoms with E-state index in [9.17, 15) is 9.90 Å². The highest BCUT2D eigenvalue weighted by Gasteiger charge is 2.14. The molecule has 0 saturated heterocycles. The first-order chi connectivity index (χ1) is 9.47. The van der Waals surface area contributed by atoms with Gasteiger partial charge in [0, 0.05) is 25.6 Å². The number of urea groups is 1. The minimum absolute atomic E-state index is 0.244. The number of aromatic nitrogens is 1. The van der Waals surface area contributed by atoms with Gasteiger partial charge >= 0.3 is 6.03 Å². The van der Waals surface area contributed by atoms with Gasteiger partial charge in [0.05, 0.1) is 18.3 Å². The Morgan fingerprint density at radius 3 is 2.70 bits per heavy atom. The number of rotatable bonds is 7. The molecule has 0 aliphatic rings. The average Bonchev–Trinajstić information content (AvgIpc) is 2.85. The zero-order valence-corrected chi connectivity index (χ0v) is 12.7. The van der Waals surface area contributed by atoms with E-state index in [0.717, 1.165) is 18.5 Å². The fourth-order valence-electron chi connectivity index (χ4n) is 2.09. The lowest BCUT2D eigenvalue weighted by Gasteiger charge is -2.18. The molecule has 6 nitrogen and oxygen atoms in total. The Morgan fingerprint density at radius 2 is 2.15 bits per heavy atom. The van der Waals surface area contributed by atoms with Gasteiger partial charge in [-0.05, 0) is 19.8 Å². The minimum Gasteiger partial charge on any atom is -0.392 e. The summed E-state index contributed by atoms with van der Waals surface area (Å²) >= 11 is 0. The molecule has 1 atom stereocenters. The van der Waals surface area contributed by atoms with Gasteiger partial charge < -0.3 is 19.8 Å². The molecule has 0 radical (unpaired) electrons. The summed E-state index contributed by atoms with van der Waals surface area (Å²) in [6.45, 7) is 6.48. The lowest BCUT2D eigenvalue weighted by molar-refractivity contribution is 0.143. The average molecular weight is 283 g/mol. The fraction of sp³-hybridized carbons (Fsp3) is 0.714. The molecule has 1 rings (SSSR count). The number of hydrogen-bond donors (Lipinski definition) is 2. The van der Waals surface area contributed by atoms with Crippen LogP contribution in [0.2, 0.25) is 0 Å². The number of likely N-dealkylation sites (N-methyl/N-ethyl adjacent to an activating group) is 1. The van der Waals surface area contributed by atoms with Crippen molar-refractivity contribution in [3.05, 3.63) is 17.5 Å². The third kappa shape index (κ3) is 4.85. The van der Waals surface area contributed by atoms with Crippen LogP contribution in [0.5, 0.6) is 0 Å². The Hall–Kier alpha value is -1.56. The van der Waals surface area contributed by atoms with Crippen molar-refractivity contribution in [3.8, 4) is 0 Å². The van der Waals surface area contributed by atoms with E-state index in [-0.39, 0.29) is 6.03 Å². The van der Waals surface area contributed by atoms with Crippen molar-refractivity contribution in [2.45, 2.75) is 52.2 Å². The molecule has 0 spiro atoms. The molecular weight excluding hydrogens is 258 g/mol. The quantitative estimate of drug-likeness (QED) is 0.803. The van der Waals surface area contributed by atoms with E-state index < -0.39 is 6.10 Å². The first kappa shape index (κ1) is 16.5. The van der Waals surface area contributed by atoms with Crippen molar-refractivity contribution in [1.29, 1.82) is 0 Å². The van der Waals surface area contributed by atoms with E-state index in [1.165, 1.54) is 4.90 Å². The summed E-state index contributed by atoms with van der Waals surface area (Å²) in [6, 6.07) is 1.65. The smallest absolute Gasteiger partial charge is 0.317 e. The number of aliphatic hydroxyl groups is 1. The van der Waals surface area contributed by atoms with Crippen LogP contribution in [0.15, 0.2) is 10.6 Å². The van der Waals surface area contributed by atoms with Crippen LogP contribution in [0.1, 0.15) is 51.0 Å². The van der Waals surface area contributed by atoms with Gasteiger partial charge in [-0.15, -0.1) is 0 Å². The topological polar surface area (TPSA) is 78.6 Å². The van der Waals surface area contributed by atoms with Gasteiger partial charge in [0.25, 0.3) is 0 Å². The molecule has 0 aromatic carbocycles. The van der Waals surface area contributed by atoms with Gasteiger partial charge in [0.1, 0.15) is 0 Å². The van der Waals surface area contributed by atoms with Crippen LogP contribution in [0.25, 0.3) is 0 Å². The molecule has 0 aliphatic heterocycles. The van der Waals surface area contributed by atoms with Crippen LogP contribution in [0.3, 0.4) is 0 Å². The van der Waals surface area contributed by atoms with Crippen LogP contribution in [0.4, 0.5) is 4.79 Å². The number of aliphatic hydroxyl groups excluding tert-OH is 1. The van der Waals surface area contributed by atoms with Gasteiger partial charge in [0.15, 0.2) is 5.76 Å². The summed E-state index contributed by atoms with van der Waals surface area (Å²) in [5.41, 5.74) is 0.941. The monoisotopic (exact) mass is 283 g/mol. The van der Waals surface area contributed by atoms with Crippen molar-refractivity contribution in [2.75, 3.05) is 13.6 Å². The van der Waals surface area contributed by atoms with Crippen LogP contribution < -0.4 is 5.32 Å². The Balaban J connectivity index is 2.48. The van der Waals surface area contributed by atoms with E-state index >= 15 is 0 Å². The van der Waals surface area contributed by atoms with Crippen LogP contribution in [-0.2, 0) is 6.54 Å². The summed E-state index contributed by atoms with van der Waals surface area (Å²) in [4.78, 5) is 13.2. The molecule has 1 aromatic heterocycles. The first-order valence-corrected chi connectivity index (χ1v) is 7.10. The largest absolute Gasteiger partial charge is 0.392 e. The summed E-state index contributed by atoms with van der Waals surface area (Å²) < 4.78 is 5.23. The molecule has 20 heavy (non-hydrogen) atoms. The second kappa shape index (κ2) is 7.89. The van der Waals surface area contributed by atoms with E-state index in [2.05, 4.69) is 24.3 Å². The Labute approximate surface area is 120 Å². The molecule has 1 unspecified atom stereocenters. The summed E-state index contributed by atoms with van der Waals surface area (Å²) in [5, 5.41) is 16.0. The van der Waals surface area contributed by atoms with Crippen molar-refractivity contribution >= 4 is 6.03 Å². The lowest BCUT2D eigenvalue weighted by Crippen LogP contribution is -2.40. The summed E-state index contributed by atoms with van der Waals surface area (Å²) in [5.74, 6) is 1.05. The van der Waals surface area contributed by atoms with Crippen LogP contribution in [0, 0.1) is 0 Å². The summed E-state index contributed by atoms with van der Waals surface area (Å²) in [6.07, 6.45) is 1.50. The van der Waals surface area contributed by atoms with Crippen LogP contribution in [-0.4, -0.2) is 40.9 Å². The van der Waals surface area contributed by atoms with E-state index in [4.69, 9.17) is 4.52 Å². The molecule has 0 bridgehead atoms. The number of nitrogens with zero attached hydrogens (tertiary/aromatic N) is 2. The van der Waals surface area contributed by atoms with Gasteiger partial charge in [-0.3, -0.25) is 0 Å². The highest BCUT2D eigenvalue weighted by molar-refractivity contribution is 5.73. The molecule has 0 aliphatic carbocycles. The summed E-state index contributed by atoms with van der Waals surface area (Å²) in [7, 11) is 1.64. The number of hydrogen-bond acceptors (Lipinski definition) is 4. The Bertz CT molecular complexity index is 414.